The maximum absolute atomic E-state index is 12.1. The highest BCUT2D eigenvalue weighted by Gasteiger charge is 2.35. The first-order chi connectivity index (χ1) is 8.96. The molecule has 0 aliphatic rings. The number of halogens is 1. The van der Waals surface area contributed by atoms with Crippen LogP contribution in [-0.2, 0) is 16.1 Å². The second-order valence-electron chi connectivity index (χ2n) is 4.53. The number of ether oxygens (including phenoxy) is 1. The first kappa shape index (κ1) is 18.5. The SMILES string of the molecule is CCCC(C)(NC(=O)c1coc(CN)c1)C(=O)OC.Cl. The van der Waals surface area contributed by atoms with Crippen molar-refractivity contribution in [1.29, 1.82) is 0 Å². The number of esters is 1. The summed E-state index contributed by atoms with van der Waals surface area (Å²) in [5.74, 6) is -0.338. The standard InChI is InChI=1S/C13H20N2O4.ClH/c1-4-5-13(2,12(17)18-3)15-11(16)9-6-10(7-14)19-8-9;/h6,8H,4-5,7,14H2,1-3H3,(H,15,16);1H. The predicted molar refractivity (Wildman–Crippen MR) is 76.6 cm³/mol. The van der Waals surface area contributed by atoms with Crippen LogP contribution < -0.4 is 11.1 Å². The molecule has 1 amide bonds. The Labute approximate surface area is 124 Å². The average molecular weight is 305 g/mol. The molecule has 7 heteroatoms. The Morgan fingerprint density at radius 1 is 1.50 bits per heavy atom. The third kappa shape index (κ3) is 4.25. The molecule has 20 heavy (non-hydrogen) atoms. The first-order valence-corrected chi connectivity index (χ1v) is 6.15. The van der Waals surface area contributed by atoms with E-state index in [1.807, 2.05) is 6.92 Å². The van der Waals surface area contributed by atoms with Gasteiger partial charge in [0.05, 0.1) is 19.2 Å². The van der Waals surface area contributed by atoms with E-state index in [-0.39, 0.29) is 24.9 Å². The molecule has 3 N–H and O–H groups in total. The van der Waals surface area contributed by atoms with E-state index in [0.29, 0.717) is 17.7 Å². The molecule has 1 heterocycles. The van der Waals surface area contributed by atoms with E-state index in [9.17, 15) is 9.59 Å². The number of methoxy groups -OCH3 is 1. The Hall–Kier alpha value is -1.53. The number of hydrogen-bond acceptors (Lipinski definition) is 5. The Morgan fingerprint density at radius 2 is 2.15 bits per heavy atom. The summed E-state index contributed by atoms with van der Waals surface area (Å²) in [6.45, 7) is 3.79. The van der Waals surface area contributed by atoms with Gasteiger partial charge in [-0.15, -0.1) is 12.4 Å². The van der Waals surface area contributed by atoms with Gasteiger partial charge in [-0.1, -0.05) is 13.3 Å². The third-order valence-electron chi connectivity index (χ3n) is 2.89. The van der Waals surface area contributed by atoms with E-state index in [1.54, 1.807) is 13.0 Å². The molecule has 0 aliphatic carbocycles. The van der Waals surface area contributed by atoms with Crippen LogP contribution in [0.3, 0.4) is 0 Å². The highest BCUT2D eigenvalue weighted by atomic mass is 35.5. The molecule has 1 unspecified atom stereocenters. The van der Waals surface area contributed by atoms with Gasteiger partial charge >= 0.3 is 5.97 Å². The molecule has 0 aliphatic heterocycles. The molecule has 0 saturated heterocycles. The highest BCUT2D eigenvalue weighted by molar-refractivity contribution is 5.97. The van der Waals surface area contributed by atoms with Crippen LogP contribution in [0.2, 0.25) is 0 Å². The normalized spacial score (nSPS) is 13.0. The molecule has 6 nitrogen and oxygen atoms in total. The van der Waals surface area contributed by atoms with E-state index in [2.05, 4.69) is 5.32 Å². The monoisotopic (exact) mass is 304 g/mol. The predicted octanol–water partition coefficient (Wildman–Crippen LogP) is 1.62. The number of hydrogen-bond donors (Lipinski definition) is 2. The summed E-state index contributed by atoms with van der Waals surface area (Å²) in [4.78, 5) is 23.8. The van der Waals surface area contributed by atoms with Crippen LogP contribution >= 0.6 is 12.4 Å². The van der Waals surface area contributed by atoms with Crippen molar-refractivity contribution in [3.05, 3.63) is 23.7 Å². The number of carbonyl (C=O) groups excluding carboxylic acids is 2. The highest BCUT2D eigenvalue weighted by Crippen LogP contribution is 2.16. The minimum atomic E-state index is -1.04. The zero-order valence-corrected chi connectivity index (χ0v) is 12.7. The van der Waals surface area contributed by atoms with Gasteiger partial charge in [-0.3, -0.25) is 4.79 Å². The summed E-state index contributed by atoms with van der Waals surface area (Å²) in [6.07, 6.45) is 2.56. The van der Waals surface area contributed by atoms with Crippen LogP contribution in [0, 0.1) is 0 Å². The van der Waals surface area contributed by atoms with Crippen LogP contribution in [0.5, 0.6) is 0 Å². The number of amides is 1. The molecular weight excluding hydrogens is 284 g/mol. The molecule has 0 saturated carbocycles. The lowest BCUT2D eigenvalue weighted by atomic mass is 9.96. The number of furan rings is 1. The number of rotatable bonds is 6. The van der Waals surface area contributed by atoms with Gasteiger partial charge in [0, 0.05) is 0 Å². The van der Waals surface area contributed by atoms with Gasteiger partial charge in [0.2, 0.25) is 0 Å². The molecule has 1 rings (SSSR count). The van der Waals surface area contributed by atoms with Crippen molar-refractivity contribution in [2.24, 2.45) is 5.73 Å². The second kappa shape index (κ2) is 7.91. The van der Waals surface area contributed by atoms with Gasteiger partial charge in [0.1, 0.15) is 17.6 Å². The van der Waals surface area contributed by atoms with Crippen LogP contribution in [0.1, 0.15) is 42.8 Å². The summed E-state index contributed by atoms with van der Waals surface area (Å²) in [5, 5.41) is 2.68. The van der Waals surface area contributed by atoms with Gasteiger partial charge in [0.15, 0.2) is 0 Å². The Morgan fingerprint density at radius 3 is 2.60 bits per heavy atom. The van der Waals surface area contributed by atoms with Crippen molar-refractivity contribution in [3.8, 4) is 0 Å². The van der Waals surface area contributed by atoms with Gasteiger partial charge < -0.3 is 20.2 Å². The lowest BCUT2D eigenvalue weighted by molar-refractivity contribution is -0.147. The largest absolute Gasteiger partial charge is 0.467 e. The number of nitrogens with one attached hydrogen (secondary N) is 1. The van der Waals surface area contributed by atoms with E-state index in [1.165, 1.54) is 13.4 Å². The van der Waals surface area contributed by atoms with Crippen LogP contribution in [0.15, 0.2) is 16.7 Å². The molecule has 1 aromatic heterocycles. The van der Waals surface area contributed by atoms with Gasteiger partial charge in [-0.2, -0.15) is 0 Å². The van der Waals surface area contributed by atoms with E-state index < -0.39 is 11.5 Å². The van der Waals surface area contributed by atoms with Crippen LogP contribution in [0.4, 0.5) is 0 Å². The van der Waals surface area contributed by atoms with Crippen molar-refractivity contribution >= 4 is 24.3 Å². The van der Waals surface area contributed by atoms with Crippen LogP contribution in [-0.4, -0.2) is 24.5 Å². The topological polar surface area (TPSA) is 94.6 Å². The molecule has 1 aromatic rings. The number of nitrogens with two attached hydrogens (primary N) is 1. The third-order valence-corrected chi connectivity index (χ3v) is 2.89. The van der Waals surface area contributed by atoms with Crippen molar-refractivity contribution in [2.45, 2.75) is 38.8 Å². The quantitative estimate of drug-likeness (QED) is 0.779. The molecule has 114 valence electrons. The zero-order valence-electron chi connectivity index (χ0n) is 11.9. The lowest BCUT2D eigenvalue weighted by Crippen LogP contribution is -2.52. The van der Waals surface area contributed by atoms with E-state index in [4.69, 9.17) is 14.9 Å². The molecule has 0 fully saturated rings. The minimum absolute atomic E-state index is 0. The fourth-order valence-electron chi connectivity index (χ4n) is 1.87. The molecule has 0 aromatic carbocycles. The minimum Gasteiger partial charge on any atom is -0.467 e. The summed E-state index contributed by atoms with van der Waals surface area (Å²) < 4.78 is 9.83. The van der Waals surface area contributed by atoms with E-state index >= 15 is 0 Å². The van der Waals surface area contributed by atoms with Gasteiger partial charge in [-0.05, 0) is 19.4 Å². The summed E-state index contributed by atoms with van der Waals surface area (Å²) in [7, 11) is 1.30. The van der Waals surface area contributed by atoms with Crippen molar-refractivity contribution in [1.82, 2.24) is 5.32 Å². The number of carbonyl (C=O) groups is 2. The Bertz CT molecular complexity index is 461. The summed E-state index contributed by atoms with van der Waals surface area (Å²) in [5.41, 5.74) is 4.71. The average Bonchev–Trinajstić information content (AvgIpc) is 2.86. The van der Waals surface area contributed by atoms with Crippen molar-refractivity contribution in [3.63, 3.8) is 0 Å². The van der Waals surface area contributed by atoms with Crippen molar-refractivity contribution < 1.29 is 18.7 Å². The fraction of sp³-hybridized carbons (Fsp3) is 0.538. The van der Waals surface area contributed by atoms with E-state index in [0.717, 1.165) is 6.42 Å². The summed E-state index contributed by atoms with van der Waals surface area (Å²) >= 11 is 0. The smallest absolute Gasteiger partial charge is 0.331 e. The molecule has 0 spiro atoms. The summed E-state index contributed by atoms with van der Waals surface area (Å²) in [6, 6.07) is 1.55. The molecular formula is C13H21ClN2O4. The molecule has 0 bridgehead atoms. The molecule has 0 radical (unpaired) electrons. The van der Waals surface area contributed by atoms with Crippen LogP contribution in [0.25, 0.3) is 0 Å². The Kier molecular flexibility index (Phi) is 7.31. The van der Waals surface area contributed by atoms with Gasteiger partial charge in [-0.25, -0.2) is 4.79 Å². The first-order valence-electron chi connectivity index (χ1n) is 6.15. The Balaban J connectivity index is 0.00000361. The van der Waals surface area contributed by atoms with Gasteiger partial charge in [0.25, 0.3) is 5.91 Å². The second-order valence-corrected chi connectivity index (χ2v) is 4.53. The maximum Gasteiger partial charge on any atom is 0.331 e. The van der Waals surface area contributed by atoms with Crippen molar-refractivity contribution in [2.75, 3.05) is 7.11 Å². The maximum atomic E-state index is 12.1. The fourth-order valence-corrected chi connectivity index (χ4v) is 1.87. The molecule has 1 atom stereocenters. The zero-order chi connectivity index (χ0) is 14.5. The lowest BCUT2D eigenvalue weighted by Gasteiger charge is -2.27.